The summed E-state index contributed by atoms with van der Waals surface area (Å²) in [6.45, 7) is 8.81. The molecule has 2 N–H and O–H groups in total. The van der Waals surface area contributed by atoms with Gasteiger partial charge in [0.2, 0.25) is 0 Å². The van der Waals surface area contributed by atoms with Crippen LogP contribution in [0.3, 0.4) is 0 Å². The number of nitrogens with two attached hydrogens (primary N) is 1. The Morgan fingerprint density at radius 2 is 1.52 bits per heavy atom. The number of hydrogen-bond acceptors (Lipinski definition) is 5. The molecule has 0 aliphatic heterocycles. The summed E-state index contributed by atoms with van der Waals surface area (Å²) in [5, 5.41) is 2.39. The summed E-state index contributed by atoms with van der Waals surface area (Å²) in [6, 6.07) is 14.7. The molecule has 0 bridgehead atoms. The van der Waals surface area contributed by atoms with Crippen LogP contribution in [0.4, 0.5) is 23.0 Å². The van der Waals surface area contributed by atoms with Gasteiger partial charge in [0.25, 0.3) is 0 Å². The maximum absolute atomic E-state index is 6.48. The molecule has 2 aromatic carbocycles. The van der Waals surface area contributed by atoms with Crippen molar-refractivity contribution in [3.8, 4) is 0 Å². The van der Waals surface area contributed by atoms with Crippen molar-refractivity contribution in [2.75, 3.05) is 35.2 Å². The Morgan fingerprint density at radius 1 is 0.840 bits per heavy atom. The maximum Gasteiger partial charge on any atom is 0.161 e. The first kappa shape index (κ1) is 17.0. The second-order valence-electron chi connectivity index (χ2n) is 5.85. The molecule has 130 valence electrons. The molecule has 5 heteroatoms. The fraction of sp³-hybridized carbons (Fsp3) is 0.300. The molecular weight excluding hydrogens is 310 g/mol. The van der Waals surface area contributed by atoms with Gasteiger partial charge >= 0.3 is 0 Å². The largest absolute Gasteiger partial charge is 0.393 e. The van der Waals surface area contributed by atoms with E-state index in [0.29, 0.717) is 5.69 Å². The second kappa shape index (κ2) is 7.38. The highest BCUT2D eigenvalue weighted by Gasteiger charge is 2.19. The van der Waals surface area contributed by atoms with Gasteiger partial charge in [0.1, 0.15) is 12.0 Å². The van der Waals surface area contributed by atoms with E-state index in [2.05, 4.69) is 83.0 Å². The van der Waals surface area contributed by atoms with Crippen molar-refractivity contribution >= 4 is 33.8 Å². The Morgan fingerprint density at radius 3 is 2.24 bits per heavy atom. The van der Waals surface area contributed by atoms with Crippen LogP contribution in [0.1, 0.15) is 20.8 Å². The van der Waals surface area contributed by atoms with Crippen molar-refractivity contribution in [3.05, 3.63) is 48.8 Å². The first-order chi connectivity index (χ1) is 12.2. The molecule has 0 atom stereocenters. The Labute approximate surface area is 149 Å². The lowest BCUT2D eigenvalue weighted by atomic mass is 10.1. The van der Waals surface area contributed by atoms with Crippen LogP contribution < -0.4 is 15.5 Å². The minimum atomic E-state index is 0.626. The predicted molar refractivity (Wildman–Crippen MR) is 107 cm³/mol. The van der Waals surface area contributed by atoms with E-state index < -0.39 is 0 Å². The summed E-state index contributed by atoms with van der Waals surface area (Å²) in [4.78, 5) is 13.2. The van der Waals surface area contributed by atoms with Crippen molar-refractivity contribution in [2.24, 2.45) is 0 Å². The van der Waals surface area contributed by atoms with E-state index in [9.17, 15) is 0 Å². The molecular formula is C20H25N5. The number of aromatic nitrogens is 2. The quantitative estimate of drug-likeness (QED) is 0.731. The molecule has 5 nitrogen and oxygen atoms in total. The number of fused-ring (bicyclic) bond motifs is 1. The molecule has 1 heterocycles. The number of rotatable bonds is 6. The molecule has 3 aromatic rings. The molecule has 0 aliphatic carbocycles. The molecule has 0 amide bonds. The summed E-state index contributed by atoms with van der Waals surface area (Å²) >= 11 is 0. The molecule has 25 heavy (non-hydrogen) atoms. The zero-order chi connectivity index (χ0) is 17.8. The van der Waals surface area contributed by atoms with Crippen LogP contribution in [-0.2, 0) is 0 Å². The minimum absolute atomic E-state index is 0.626. The molecule has 0 saturated carbocycles. The molecule has 0 aliphatic rings. The molecule has 0 radical (unpaired) electrons. The monoisotopic (exact) mass is 335 g/mol. The van der Waals surface area contributed by atoms with Gasteiger partial charge in [-0.1, -0.05) is 36.4 Å². The van der Waals surface area contributed by atoms with Gasteiger partial charge in [-0.25, -0.2) is 9.97 Å². The van der Waals surface area contributed by atoms with Crippen LogP contribution in [0.15, 0.2) is 48.8 Å². The normalized spacial score (nSPS) is 10.8. The average Bonchev–Trinajstić information content (AvgIpc) is 2.66. The van der Waals surface area contributed by atoms with Crippen LogP contribution in [0, 0.1) is 0 Å². The summed E-state index contributed by atoms with van der Waals surface area (Å²) < 4.78 is 0. The van der Waals surface area contributed by atoms with Crippen molar-refractivity contribution in [1.29, 1.82) is 0 Å². The summed E-state index contributed by atoms with van der Waals surface area (Å²) in [7, 11) is 0. The fourth-order valence-corrected chi connectivity index (χ4v) is 3.25. The van der Waals surface area contributed by atoms with Gasteiger partial charge in [-0.3, -0.25) is 0 Å². The Balaban J connectivity index is 2.14. The van der Waals surface area contributed by atoms with Crippen molar-refractivity contribution in [2.45, 2.75) is 20.8 Å². The van der Waals surface area contributed by atoms with E-state index in [0.717, 1.165) is 37.0 Å². The van der Waals surface area contributed by atoms with E-state index in [1.165, 1.54) is 10.8 Å². The Hall–Kier alpha value is -2.82. The number of hydrogen-bond donors (Lipinski definition) is 1. The van der Waals surface area contributed by atoms with E-state index >= 15 is 0 Å². The van der Waals surface area contributed by atoms with Crippen LogP contribution in [0.2, 0.25) is 0 Å². The predicted octanol–water partition coefficient (Wildman–Crippen LogP) is 4.22. The van der Waals surface area contributed by atoms with Gasteiger partial charge in [0.15, 0.2) is 11.6 Å². The molecule has 0 unspecified atom stereocenters. The van der Waals surface area contributed by atoms with Crippen LogP contribution in [0.25, 0.3) is 10.8 Å². The fourth-order valence-electron chi connectivity index (χ4n) is 3.25. The third-order valence-electron chi connectivity index (χ3n) is 4.53. The zero-order valence-corrected chi connectivity index (χ0v) is 15.1. The molecule has 1 aromatic heterocycles. The smallest absolute Gasteiger partial charge is 0.161 e. The average molecular weight is 335 g/mol. The van der Waals surface area contributed by atoms with Gasteiger partial charge in [0, 0.05) is 25.0 Å². The molecule has 0 fully saturated rings. The highest BCUT2D eigenvalue weighted by Crippen LogP contribution is 2.36. The van der Waals surface area contributed by atoms with E-state index in [4.69, 9.17) is 5.73 Å². The van der Waals surface area contributed by atoms with E-state index in [-0.39, 0.29) is 0 Å². The van der Waals surface area contributed by atoms with Crippen molar-refractivity contribution < 1.29 is 0 Å². The van der Waals surface area contributed by atoms with Crippen LogP contribution in [0.5, 0.6) is 0 Å². The Kier molecular flexibility index (Phi) is 5.03. The van der Waals surface area contributed by atoms with Gasteiger partial charge in [-0.05, 0) is 32.2 Å². The lowest BCUT2D eigenvalue weighted by Gasteiger charge is -2.28. The number of benzene rings is 2. The summed E-state index contributed by atoms with van der Waals surface area (Å²) in [5.41, 5.74) is 8.22. The minimum Gasteiger partial charge on any atom is -0.393 e. The topological polar surface area (TPSA) is 58.3 Å². The number of anilines is 4. The van der Waals surface area contributed by atoms with Gasteiger partial charge in [0.05, 0.1) is 5.69 Å². The maximum atomic E-state index is 6.48. The van der Waals surface area contributed by atoms with Crippen LogP contribution >= 0.6 is 0 Å². The summed E-state index contributed by atoms with van der Waals surface area (Å²) in [5.74, 6) is 1.56. The molecule has 3 rings (SSSR count). The van der Waals surface area contributed by atoms with Gasteiger partial charge in [-0.15, -0.1) is 0 Å². The number of nitrogen functional groups attached to an aromatic ring is 1. The van der Waals surface area contributed by atoms with E-state index in [1.54, 1.807) is 6.33 Å². The highest BCUT2D eigenvalue weighted by molar-refractivity contribution is 5.97. The third kappa shape index (κ3) is 3.09. The zero-order valence-electron chi connectivity index (χ0n) is 15.1. The number of nitrogens with zero attached hydrogens (tertiary/aromatic N) is 4. The van der Waals surface area contributed by atoms with Crippen LogP contribution in [-0.4, -0.2) is 29.6 Å². The highest BCUT2D eigenvalue weighted by atomic mass is 15.2. The summed E-state index contributed by atoms with van der Waals surface area (Å²) in [6.07, 6.45) is 1.60. The molecule has 0 saturated heterocycles. The van der Waals surface area contributed by atoms with E-state index in [1.807, 2.05) is 0 Å². The first-order valence-electron chi connectivity index (χ1n) is 8.81. The molecule has 0 spiro atoms. The van der Waals surface area contributed by atoms with Crippen molar-refractivity contribution in [1.82, 2.24) is 9.97 Å². The first-order valence-corrected chi connectivity index (χ1v) is 8.81. The van der Waals surface area contributed by atoms with Crippen molar-refractivity contribution in [3.63, 3.8) is 0 Å². The lowest BCUT2D eigenvalue weighted by molar-refractivity contribution is 0.841. The van der Waals surface area contributed by atoms with Gasteiger partial charge in [-0.2, -0.15) is 0 Å². The SMILES string of the molecule is CCN(CC)c1ncnc(N(CC)c2cccc3ccccc23)c1N. The third-order valence-corrected chi connectivity index (χ3v) is 4.53. The van der Waals surface area contributed by atoms with Gasteiger partial charge < -0.3 is 15.5 Å². The lowest BCUT2D eigenvalue weighted by Crippen LogP contribution is -2.26. The Bertz CT molecular complexity index is 852. The second-order valence-corrected chi connectivity index (χ2v) is 5.85. The standard InChI is InChI=1S/C20H25N5/c1-4-24(5-2)19-18(21)20(23-14-22-19)25(6-3)17-13-9-11-15-10-7-8-12-16(15)17/h7-14H,4-6,21H2,1-3H3.